The number of hydrogen-bond acceptors (Lipinski definition) is 3. The van der Waals surface area contributed by atoms with Crippen molar-refractivity contribution in [2.45, 2.75) is 11.3 Å². The predicted molar refractivity (Wildman–Crippen MR) is 98.3 cm³/mol. The summed E-state index contributed by atoms with van der Waals surface area (Å²) >= 11 is 1.34. The van der Waals surface area contributed by atoms with Gasteiger partial charge >= 0.3 is 0 Å². The molecule has 2 rings (SSSR count). The van der Waals surface area contributed by atoms with Crippen molar-refractivity contribution in [3.8, 4) is 0 Å². The van der Waals surface area contributed by atoms with Crippen molar-refractivity contribution in [3.63, 3.8) is 0 Å². The van der Waals surface area contributed by atoms with E-state index in [2.05, 4.69) is 5.32 Å². The Labute approximate surface area is 151 Å². The zero-order valence-electron chi connectivity index (χ0n) is 14.3. The van der Waals surface area contributed by atoms with E-state index in [-0.39, 0.29) is 23.4 Å². The minimum absolute atomic E-state index is 0.00804. The summed E-state index contributed by atoms with van der Waals surface area (Å²) in [6.07, 6.45) is 0.553. The van der Waals surface area contributed by atoms with Crippen LogP contribution in [0.25, 0.3) is 0 Å². The first kappa shape index (κ1) is 19.0. The number of carbonyl (C=O) groups excluding carboxylic acids is 2. The number of benzene rings is 2. The van der Waals surface area contributed by atoms with Crippen LogP contribution in [0.3, 0.4) is 0 Å². The molecule has 0 aliphatic heterocycles. The Morgan fingerprint density at radius 1 is 1.12 bits per heavy atom. The number of nitrogens with zero attached hydrogens (tertiary/aromatic N) is 1. The number of carbonyl (C=O) groups is 2. The van der Waals surface area contributed by atoms with Crippen LogP contribution in [0.2, 0.25) is 0 Å². The van der Waals surface area contributed by atoms with Gasteiger partial charge in [0.2, 0.25) is 5.91 Å². The molecule has 0 saturated heterocycles. The van der Waals surface area contributed by atoms with Crippen molar-refractivity contribution >= 4 is 23.6 Å². The maximum Gasteiger partial charge on any atom is 0.252 e. The lowest BCUT2D eigenvalue weighted by atomic mass is 10.1. The second-order valence-corrected chi connectivity index (χ2v) is 6.73. The van der Waals surface area contributed by atoms with E-state index >= 15 is 0 Å². The Kier molecular flexibility index (Phi) is 7.01. The van der Waals surface area contributed by atoms with E-state index in [0.29, 0.717) is 18.5 Å². The lowest BCUT2D eigenvalue weighted by Crippen LogP contribution is -2.26. The summed E-state index contributed by atoms with van der Waals surface area (Å²) in [5.41, 5.74) is 1.37. The minimum atomic E-state index is -0.281. The van der Waals surface area contributed by atoms with Gasteiger partial charge in [-0.05, 0) is 36.2 Å². The van der Waals surface area contributed by atoms with E-state index < -0.39 is 0 Å². The van der Waals surface area contributed by atoms with Gasteiger partial charge in [-0.15, -0.1) is 11.8 Å². The molecule has 4 nitrogen and oxygen atoms in total. The average Bonchev–Trinajstić information content (AvgIpc) is 2.59. The molecule has 0 aromatic heterocycles. The van der Waals surface area contributed by atoms with Gasteiger partial charge in [-0.1, -0.05) is 24.3 Å². The zero-order chi connectivity index (χ0) is 18.2. The van der Waals surface area contributed by atoms with Crippen LogP contribution in [0.5, 0.6) is 0 Å². The minimum Gasteiger partial charge on any atom is -0.352 e. The van der Waals surface area contributed by atoms with Crippen LogP contribution in [-0.4, -0.2) is 43.1 Å². The lowest BCUT2D eigenvalue weighted by Gasteiger charge is -2.12. The summed E-state index contributed by atoms with van der Waals surface area (Å²) < 4.78 is 13.2. The Bertz CT molecular complexity index is 750. The lowest BCUT2D eigenvalue weighted by molar-refractivity contribution is -0.125. The molecule has 0 fully saturated rings. The van der Waals surface area contributed by atoms with Gasteiger partial charge in [-0.25, -0.2) is 4.39 Å². The molecule has 132 valence electrons. The molecular formula is C19H21FN2O2S. The molecule has 2 amide bonds. The highest BCUT2D eigenvalue weighted by molar-refractivity contribution is 8.00. The van der Waals surface area contributed by atoms with Gasteiger partial charge in [0.25, 0.3) is 5.91 Å². The van der Waals surface area contributed by atoms with Gasteiger partial charge in [-0.2, -0.15) is 0 Å². The molecule has 6 heteroatoms. The maximum absolute atomic E-state index is 13.2. The first-order valence-electron chi connectivity index (χ1n) is 7.92. The molecule has 2 aromatic rings. The number of hydrogen-bond donors (Lipinski definition) is 1. The third-order valence-corrected chi connectivity index (χ3v) is 4.63. The van der Waals surface area contributed by atoms with Crippen molar-refractivity contribution in [3.05, 3.63) is 65.5 Å². The topological polar surface area (TPSA) is 49.4 Å². The van der Waals surface area contributed by atoms with E-state index in [1.54, 1.807) is 32.3 Å². The third-order valence-electron chi connectivity index (χ3n) is 3.57. The smallest absolute Gasteiger partial charge is 0.252 e. The Morgan fingerprint density at radius 2 is 1.88 bits per heavy atom. The van der Waals surface area contributed by atoms with Crippen molar-refractivity contribution in [2.75, 3.05) is 26.4 Å². The van der Waals surface area contributed by atoms with E-state index in [1.807, 2.05) is 18.2 Å². The predicted octanol–water partition coefficient (Wildman–Crippen LogP) is 2.98. The summed E-state index contributed by atoms with van der Waals surface area (Å²) in [6.45, 7) is 0.415. The zero-order valence-corrected chi connectivity index (χ0v) is 15.1. The monoisotopic (exact) mass is 360 g/mol. The van der Waals surface area contributed by atoms with Crippen LogP contribution in [0.15, 0.2) is 53.4 Å². The van der Waals surface area contributed by atoms with Crippen LogP contribution < -0.4 is 5.32 Å². The molecular weight excluding hydrogens is 339 g/mol. The molecule has 25 heavy (non-hydrogen) atoms. The standard InChI is InChI=1S/C19H21FN2O2S/c1-22(2)18(23)13-25-17-9-4-3-8-16(17)19(24)21-11-10-14-6-5-7-15(20)12-14/h3-9,12H,10-11,13H2,1-2H3,(H,21,24). The van der Waals surface area contributed by atoms with Crippen LogP contribution in [0, 0.1) is 5.82 Å². The van der Waals surface area contributed by atoms with Gasteiger partial charge in [-0.3, -0.25) is 9.59 Å². The second-order valence-electron chi connectivity index (χ2n) is 5.71. The Morgan fingerprint density at radius 3 is 2.60 bits per heavy atom. The summed E-state index contributed by atoms with van der Waals surface area (Å²) in [6, 6.07) is 13.5. The molecule has 0 bridgehead atoms. The summed E-state index contributed by atoms with van der Waals surface area (Å²) in [5, 5.41) is 2.85. The highest BCUT2D eigenvalue weighted by Gasteiger charge is 2.13. The highest BCUT2D eigenvalue weighted by atomic mass is 32.2. The van der Waals surface area contributed by atoms with Gasteiger partial charge in [0.05, 0.1) is 11.3 Å². The fourth-order valence-corrected chi connectivity index (χ4v) is 3.18. The average molecular weight is 360 g/mol. The first-order valence-corrected chi connectivity index (χ1v) is 8.90. The number of amides is 2. The molecule has 0 atom stereocenters. The first-order chi connectivity index (χ1) is 12.0. The number of thioether (sulfide) groups is 1. The normalized spacial score (nSPS) is 10.4. The molecule has 0 radical (unpaired) electrons. The van der Waals surface area contributed by atoms with E-state index in [4.69, 9.17) is 0 Å². The van der Waals surface area contributed by atoms with Crippen molar-refractivity contribution in [1.29, 1.82) is 0 Å². The summed E-state index contributed by atoms with van der Waals surface area (Å²) in [4.78, 5) is 26.4. The molecule has 0 aliphatic carbocycles. The molecule has 0 aliphatic rings. The summed E-state index contributed by atoms with van der Waals surface area (Å²) in [7, 11) is 3.40. The number of halogens is 1. The van der Waals surface area contributed by atoms with Gasteiger partial charge in [0.15, 0.2) is 0 Å². The second kappa shape index (κ2) is 9.22. The fraction of sp³-hybridized carbons (Fsp3) is 0.263. The Hall–Kier alpha value is -2.34. The van der Waals surface area contributed by atoms with Gasteiger partial charge in [0.1, 0.15) is 5.82 Å². The van der Waals surface area contributed by atoms with Gasteiger partial charge in [0, 0.05) is 25.5 Å². The molecule has 1 N–H and O–H groups in total. The Balaban J connectivity index is 1.93. The third kappa shape index (κ3) is 5.90. The van der Waals surface area contributed by atoms with Crippen molar-refractivity contribution < 1.29 is 14.0 Å². The quantitative estimate of drug-likeness (QED) is 0.773. The molecule has 0 saturated carbocycles. The van der Waals surface area contributed by atoms with E-state index in [0.717, 1.165) is 10.5 Å². The highest BCUT2D eigenvalue weighted by Crippen LogP contribution is 2.22. The maximum atomic E-state index is 13.2. The van der Waals surface area contributed by atoms with E-state index in [9.17, 15) is 14.0 Å². The van der Waals surface area contributed by atoms with Crippen molar-refractivity contribution in [1.82, 2.24) is 10.2 Å². The van der Waals surface area contributed by atoms with Gasteiger partial charge < -0.3 is 10.2 Å². The van der Waals surface area contributed by atoms with Crippen LogP contribution in [0.1, 0.15) is 15.9 Å². The van der Waals surface area contributed by atoms with Crippen LogP contribution in [-0.2, 0) is 11.2 Å². The molecule has 0 heterocycles. The summed E-state index contributed by atoms with van der Waals surface area (Å²) in [5.74, 6) is -0.208. The molecule has 0 spiro atoms. The SMILES string of the molecule is CN(C)C(=O)CSc1ccccc1C(=O)NCCc1cccc(F)c1. The number of nitrogens with one attached hydrogen (secondary N) is 1. The number of rotatable bonds is 7. The van der Waals surface area contributed by atoms with E-state index in [1.165, 1.54) is 28.8 Å². The molecule has 2 aromatic carbocycles. The van der Waals surface area contributed by atoms with Crippen LogP contribution >= 0.6 is 11.8 Å². The molecule has 0 unspecified atom stereocenters. The van der Waals surface area contributed by atoms with Crippen LogP contribution in [0.4, 0.5) is 4.39 Å². The van der Waals surface area contributed by atoms with Crippen molar-refractivity contribution in [2.24, 2.45) is 0 Å². The largest absolute Gasteiger partial charge is 0.352 e. The fourth-order valence-electron chi connectivity index (χ4n) is 2.16.